The summed E-state index contributed by atoms with van der Waals surface area (Å²) in [5, 5.41) is 12.5. The second-order valence-electron chi connectivity index (χ2n) is 8.15. The Morgan fingerprint density at radius 2 is 1.75 bits per heavy atom. The van der Waals surface area contributed by atoms with E-state index in [1.54, 1.807) is 6.07 Å². The highest BCUT2D eigenvalue weighted by Crippen LogP contribution is 2.40. The average Bonchev–Trinajstić information content (AvgIpc) is 3.54. The molecule has 1 saturated carbocycles. The maximum Gasteiger partial charge on any atom is 0.392 e. The van der Waals surface area contributed by atoms with Gasteiger partial charge in [0.1, 0.15) is 0 Å². The summed E-state index contributed by atoms with van der Waals surface area (Å²) in [6, 6.07) is 10.3. The van der Waals surface area contributed by atoms with Gasteiger partial charge in [0.2, 0.25) is 5.91 Å². The van der Waals surface area contributed by atoms with Crippen LogP contribution < -0.4 is 5.32 Å². The number of benzene rings is 2. The molecule has 9 heteroatoms. The van der Waals surface area contributed by atoms with Crippen LogP contribution in [0.2, 0.25) is 10.0 Å². The zero-order chi connectivity index (χ0) is 23.6. The summed E-state index contributed by atoms with van der Waals surface area (Å²) in [6.07, 6.45) is -2.65. The van der Waals surface area contributed by atoms with Crippen molar-refractivity contribution in [3.63, 3.8) is 0 Å². The molecule has 0 bridgehead atoms. The van der Waals surface area contributed by atoms with Gasteiger partial charge >= 0.3 is 12.1 Å². The molecule has 172 valence electrons. The molecule has 3 atom stereocenters. The fraction of sp³-hybridized carbons (Fsp3) is 0.391. The van der Waals surface area contributed by atoms with Gasteiger partial charge in [0, 0.05) is 5.02 Å². The lowest BCUT2D eigenvalue weighted by atomic mass is 9.85. The lowest BCUT2D eigenvalue weighted by Gasteiger charge is -2.26. The van der Waals surface area contributed by atoms with Gasteiger partial charge in [-0.1, -0.05) is 48.3 Å². The first kappa shape index (κ1) is 24.4. The maximum atomic E-state index is 13.5. The molecule has 2 aromatic carbocycles. The van der Waals surface area contributed by atoms with Gasteiger partial charge in [0.05, 0.1) is 28.5 Å². The van der Waals surface area contributed by atoms with Crippen LogP contribution in [0.4, 0.5) is 18.9 Å². The number of hydrogen-bond donors (Lipinski definition) is 2. The van der Waals surface area contributed by atoms with Gasteiger partial charge in [0.25, 0.3) is 0 Å². The Morgan fingerprint density at radius 3 is 2.28 bits per heavy atom. The van der Waals surface area contributed by atoms with Gasteiger partial charge in [-0.05, 0) is 60.6 Å². The Labute approximate surface area is 193 Å². The van der Waals surface area contributed by atoms with E-state index in [4.69, 9.17) is 23.2 Å². The van der Waals surface area contributed by atoms with Crippen LogP contribution in [-0.4, -0.2) is 23.2 Å². The monoisotopic (exact) mass is 487 g/mol. The smallest absolute Gasteiger partial charge is 0.392 e. The molecule has 1 fully saturated rings. The fourth-order valence-corrected chi connectivity index (χ4v) is 4.03. The molecule has 0 spiro atoms. The van der Waals surface area contributed by atoms with Crippen molar-refractivity contribution in [3.8, 4) is 0 Å². The molecule has 32 heavy (non-hydrogen) atoms. The summed E-state index contributed by atoms with van der Waals surface area (Å²) in [5.41, 5.74) is 0.946. The Balaban J connectivity index is 1.86. The molecule has 0 saturated heterocycles. The van der Waals surface area contributed by atoms with E-state index in [9.17, 15) is 27.9 Å². The molecule has 1 amide bonds. The number of rotatable bonds is 8. The van der Waals surface area contributed by atoms with E-state index in [2.05, 4.69) is 5.32 Å². The van der Waals surface area contributed by atoms with Crippen molar-refractivity contribution >= 4 is 40.8 Å². The van der Waals surface area contributed by atoms with Crippen molar-refractivity contribution in [2.75, 3.05) is 5.32 Å². The van der Waals surface area contributed by atoms with Crippen LogP contribution in [-0.2, 0) is 16.0 Å². The van der Waals surface area contributed by atoms with Crippen LogP contribution in [0.3, 0.4) is 0 Å². The molecule has 0 heterocycles. The van der Waals surface area contributed by atoms with E-state index in [1.165, 1.54) is 36.4 Å². The van der Waals surface area contributed by atoms with Gasteiger partial charge in [-0.15, -0.1) is 0 Å². The molecule has 3 unspecified atom stereocenters. The number of carboxylic acid groups (broad SMARTS) is 1. The van der Waals surface area contributed by atoms with Gasteiger partial charge < -0.3 is 10.4 Å². The summed E-state index contributed by atoms with van der Waals surface area (Å²) in [4.78, 5) is 24.5. The Morgan fingerprint density at radius 1 is 1.12 bits per heavy atom. The number of aliphatic carboxylic acids is 1. The molecule has 2 aromatic rings. The highest BCUT2D eigenvalue weighted by atomic mass is 35.5. The van der Waals surface area contributed by atoms with E-state index >= 15 is 0 Å². The molecule has 4 nitrogen and oxygen atoms in total. The molecule has 3 rings (SSSR count). The third-order valence-electron chi connectivity index (χ3n) is 5.78. The second kappa shape index (κ2) is 9.71. The Hall–Kier alpha value is -2.25. The average molecular weight is 488 g/mol. The first-order valence-electron chi connectivity index (χ1n) is 10.1. The summed E-state index contributed by atoms with van der Waals surface area (Å²) < 4.78 is 40.6. The first-order chi connectivity index (χ1) is 15.0. The minimum absolute atomic E-state index is 0.114. The number of anilines is 1. The molecule has 0 aromatic heterocycles. The quantitative estimate of drug-likeness (QED) is 0.442. The Bertz CT molecular complexity index is 991. The number of halogens is 5. The van der Waals surface area contributed by atoms with Crippen LogP contribution in [0.25, 0.3) is 0 Å². The van der Waals surface area contributed by atoms with Crippen molar-refractivity contribution in [1.82, 2.24) is 0 Å². The highest BCUT2D eigenvalue weighted by Gasteiger charge is 2.45. The van der Waals surface area contributed by atoms with Crippen LogP contribution in [0.5, 0.6) is 0 Å². The molecule has 1 aliphatic carbocycles. The third-order valence-corrected chi connectivity index (χ3v) is 6.36. The Kier molecular flexibility index (Phi) is 7.40. The van der Waals surface area contributed by atoms with Crippen molar-refractivity contribution < 1.29 is 27.9 Å². The summed E-state index contributed by atoms with van der Waals surface area (Å²) in [7, 11) is 0. The van der Waals surface area contributed by atoms with E-state index in [-0.39, 0.29) is 28.6 Å². The standard InChI is InChI=1S/C23H22Cl2F3NO3/c1-12(23(26,27)28)20(15-5-7-16(24)8-6-15)21(30)29-19-11-13(2-9-18(19)25)10-17(22(31)32)14-3-4-14/h2,5-9,11-12,14,17,20H,3-4,10H2,1H3,(H,29,30)(H,31,32). The minimum Gasteiger partial charge on any atom is -0.481 e. The normalized spacial score (nSPS) is 16.8. The summed E-state index contributed by atoms with van der Waals surface area (Å²) in [6.45, 7) is 0.948. The van der Waals surface area contributed by atoms with Crippen molar-refractivity contribution in [3.05, 3.63) is 63.6 Å². The van der Waals surface area contributed by atoms with Crippen LogP contribution in [0, 0.1) is 17.8 Å². The number of carboxylic acids is 1. The second-order valence-corrected chi connectivity index (χ2v) is 8.99. The fourth-order valence-electron chi connectivity index (χ4n) is 3.74. The predicted molar refractivity (Wildman–Crippen MR) is 117 cm³/mol. The minimum atomic E-state index is -4.60. The van der Waals surface area contributed by atoms with Gasteiger partial charge in [-0.3, -0.25) is 9.59 Å². The van der Waals surface area contributed by atoms with Gasteiger partial charge in [0.15, 0.2) is 0 Å². The largest absolute Gasteiger partial charge is 0.481 e. The van der Waals surface area contributed by atoms with Crippen molar-refractivity contribution in [2.45, 2.75) is 38.3 Å². The van der Waals surface area contributed by atoms with Crippen molar-refractivity contribution in [1.29, 1.82) is 0 Å². The van der Waals surface area contributed by atoms with E-state index < -0.39 is 35.8 Å². The van der Waals surface area contributed by atoms with E-state index in [0.717, 1.165) is 19.8 Å². The van der Waals surface area contributed by atoms with Gasteiger partial charge in [-0.2, -0.15) is 13.2 Å². The van der Waals surface area contributed by atoms with Crippen LogP contribution >= 0.6 is 23.2 Å². The zero-order valence-electron chi connectivity index (χ0n) is 17.1. The molecule has 0 aliphatic heterocycles. The summed E-state index contributed by atoms with van der Waals surface area (Å²) in [5.74, 6) is -5.68. The maximum absolute atomic E-state index is 13.5. The number of carbonyl (C=O) groups is 2. The predicted octanol–water partition coefficient (Wildman–Crippen LogP) is 6.57. The molecular formula is C23H22Cl2F3NO3. The van der Waals surface area contributed by atoms with E-state index in [1.807, 2.05) is 0 Å². The van der Waals surface area contributed by atoms with Gasteiger partial charge in [-0.25, -0.2) is 0 Å². The molecule has 2 N–H and O–H groups in total. The number of amides is 1. The zero-order valence-corrected chi connectivity index (χ0v) is 18.6. The number of carbonyl (C=O) groups excluding carboxylic acids is 1. The number of hydrogen-bond acceptors (Lipinski definition) is 2. The van der Waals surface area contributed by atoms with E-state index in [0.29, 0.717) is 10.6 Å². The third kappa shape index (κ3) is 5.95. The van der Waals surface area contributed by atoms with Crippen LogP contribution in [0.15, 0.2) is 42.5 Å². The molecule has 1 aliphatic rings. The number of alkyl halides is 3. The SMILES string of the molecule is CC(C(C(=O)Nc1cc(CC(C(=O)O)C2CC2)ccc1Cl)c1ccc(Cl)cc1)C(F)(F)F. The topological polar surface area (TPSA) is 66.4 Å². The van der Waals surface area contributed by atoms with Crippen molar-refractivity contribution in [2.24, 2.45) is 17.8 Å². The number of nitrogens with one attached hydrogen (secondary N) is 1. The molecule has 0 radical (unpaired) electrons. The summed E-state index contributed by atoms with van der Waals surface area (Å²) >= 11 is 12.0. The van der Waals surface area contributed by atoms with Crippen LogP contribution in [0.1, 0.15) is 36.8 Å². The highest BCUT2D eigenvalue weighted by molar-refractivity contribution is 6.33. The molecular weight excluding hydrogens is 466 g/mol. The first-order valence-corrected chi connectivity index (χ1v) is 10.9. The lowest BCUT2D eigenvalue weighted by Crippen LogP contribution is -2.34. The lowest BCUT2D eigenvalue weighted by molar-refractivity contribution is -0.178.